The summed E-state index contributed by atoms with van der Waals surface area (Å²) in [5.74, 6) is -0.741. The van der Waals surface area contributed by atoms with Crippen molar-refractivity contribution in [1.29, 1.82) is 5.26 Å². The number of ether oxygens (including phenoxy) is 1. The van der Waals surface area contributed by atoms with Crippen molar-refractivity contribution in [2.24, 2.45) is 5.10 Å². The van der Waals surface area contributed by atoms with E-state index in [1.807, 2.05) is 12.1 Å². The van der Waals surface area contributed by atoms with Gasteiger partial charge < -0.3 is 4.74 Å². The van der Waals surface area contributed by atoms with Gasteiger partial charge in [-0.15, -0.1) is 0 Å². The average molecular weight is 296 g/mol. The van der Waals surface area contributed by atoms with Gasteiger partial charge in [0.1, 0.15) is 6.07 Å². The molecule has 88 valence electrons. The van der Waals surface area contributed by atoms with Gasteiger partial charge in [0.25, 0.3) is 0 Å². The van der Waals surface area contributed by atoms with E-state index in [1.54, 1.807) is 25.1 Å². The SMILES string of the molecule is CCOC(=O)/C(C#N)=N\Nc1ccccc1Br. The number of nitrogens with zero attached hydrogens (tertiary/aromatic N) is 2. The summed E-state index contributed by atoms with van der Waals surface area (Å²) < 4.78 is 5.45. The molecule has 0 aliphatic carbocycles. The first kappa shape index (κ1) is 13.2. The van der Waals surface area contributed by atoms with Gasteiger partial charge >= 0.3 is 5.97 Å². The fourth-order valence-corrected chi connectivity index (χ4v) is 1.36. The van der Waals surface area contributed by atoms with Crippen molar-refractivity contribution >= 4 is 33.3 Å². The molecule has 0 spiro atoms. The molecule has 1 rings (SSSR count). The van der Waals surface area contributed by atoms with Gasteiger partial charge in [-0.3, -0.25) is 5.43 Å². The van der Waals surface area contributed by atoms with Crippen molar-refractivity contribution in [2.75, 3.05) is 12.0 Å². The van der Waals surface area contributed by atoms with Crippen LogP contribution in [0.3, 0.4) is 0 Å². The average Bonchev–Trinajstić information content (AvgIpc) is 2.32. The number of nitriles is 1. The summed E-state index contributed by atoms with van der Waals surface area (Å²) in [5, 5.41) is 12.4. The van der Waals surface area contributed by atoms with Gasteiger partial charge in [0.15, 0.2) is 0 Å². The third-order valence-electron chi connectivity index (χ3n) is 1.74. The van der Waals surface area contributed by atoms with E-state index in [0.717, 1.165) is 4.47 Å². The van der Waals surface area contributed by atoms with Gasteiger partial charge in [0.05, 0.1) is 12.3 Å². The number of hydrogen-bond donors (Lipinski definition) is 1. The molecule has 0 saturated heterocycles. The highest BCUT2D eigenvalue weighted by molar-refractivity contribution is 9.10. The molecule has 0 saturated carbocycles. The van der Waals surface area contributed by atoms with Crippen molar-refractivity contribution < 1.29 is 9.53 Å². The van der Waals surface area contributed by atoms with Crippen LogP contribution in [0.15, 0.2) is 33.8 Å². The molecule has 0 aliphatic heterocycles. The minimum Gasteiger partial charge on any atom is -0.461 e. The van der Waals surface area contributed by atoms with E-state index in [2.05, 4.69) is 31.2 Å². The van der Waals surface area contributed by atoms with Crippen molar-refractivity contribution in [3.8, 4) is 6.07 Å². The van der Waals surface area contributed by atoms with Gasteiger partial charge in [0.2, 0.25) is 5.71 Å². The highest BCUT2D eigenvalue weighted by Crippen LogP contribution is 2.20. The summed E-state index contributed by atoms with van der Waals surface area (Å²) in [4.78, 5) is 11.3. The zero-order chi connectivity index (χ0) is 12.7. The van der Waals surface area contributed by atoms with Crippen LogP contribution in [0.2, 0.25) is 0 Å². The lowest BCUT2D eigenvalue weighted by Gasteiger charge is -2.03. The number of hydrogen-bond acceptors (Lipinski definition) is 5. The molecule has 1 aromatic rings. The number of esters is 1. The van der Waals surface area contributed by atoms with E-state index in [-0.39, 0.29) is 12.3 Å². The maximum Gasteiger partial charge on any atom is 0.369 e. The zero-order valence-electron chi connectivity index (χ0n) is 9.11. The summed E-state index contributed by atoms with van der Waals surface area (Å²) in [6.07, 6.45) is 0. The largest absolute Gasteiger partial charge is 0.461 e. The Morgan fingerprint density at radius 2 is 2.29 bits per heavy atom. The van der Waals surface area contributed by atoms with Crippen LogP contribution in [0.25, 0.3) is 0 Å². The highest BCUT2D eigenvalue weighted by Gasteiger charge is 2.11. The lowest BCUT2D eigenvalue weighted by atomic mass is 10.3. The van der Waals surface area contributed by atoms with E-state index in [4.69, 9.17) is 5.26 Å². The smallest absolute Gasteiger partial charge is 0.369 e. The standard InChI is InChI=1S/C11H10BrN3O2/c1-2-17-11(16)10(7-13)15-14-9-6-4-3-5-8(9)12/h3-6,14H,2H2,1H3/b15-10-. The molecule has 0 atom stereocenters. The molecule has 1 N–H and O–H groups in total. The fraction of sp³-hybridized carbons (Fsp3) is 0.182. The Morgan fingerprint density at radius 3 is 2.88 bits per heavy atom. The molecule has 0 bridgehead atoms. The lowest BCUT2D eigenvalue weighted by molar-refractivity contribution is -0.134. The van der Waals surface area contributed by atoms with E-state index in [9.17, 15) is 4.79 Å². The predicted molar refractivity (Wildman–Crippen MR) is 67.4 cm³/mol. The van der Waals surface area contributed by atoms with Crippen LogP contribution in [0.4, 0.5) is 5.69 Å². The minimum absolute atomic E-state index is 0.203. The van der Waals surface area contributed by atoms with Crippen molar-refractivity contribution in [1.82, 2.24) is 0 Å². The topological polar surface area (TPSA) is 74.5 Å². The molecule has 0 aromatic heterocycles. The van der Waals surface area contributed by atoms with Gasteiger partial charge in [-0.1, -0.05) is 12.1 Å². The Morgan fingerprint density at radius 1 is 1.59 bits per heavy atom. The fourth-order valence-electron chi connectivity index (χ4n) is 0.984. The van der Waals surface area contributed by atoms with Gasteiger partial charge in [-0.25, -0.2) is 4.79 Å². The Bertz CT molecular complexity index is 480. The summed E-state index contributed by atoms with van der Waals surface area (Å²) in [6.45, 7) is 1.86. The first-order valence-electron chi connectivity index (χ1n) is 4.84. The Labute approximate surface area is 107 Å². The van der Waals surface area contributed by atoms with Crippen molar-refractivity contribution in [3.63, 3.8) is 0 Å². The second-order valence-corrected chi connectivity index (χ2v) is 3.74. The number of para-hydroxylation sites is 1. The Kier molecular flexibility index (Phi) is 5.17. The minimum atomic E-state index is -0.741. The zero-order valence-corrected chi connectivity index (χ0v) is 10.7. The number of hydrazone groups is 1. The van der Waals surface area contributed by atoms with Crippen LogP contribution in [0, 0.1) is 11.3 Å². The highest BCUT2D eigenvalue weighted by atomic mass is 79.9. The van der Waals surface area contributed by atoms with Gasteiger partial charge in [-0.2, -0.15) is 10.4 Å². The van der Waals surface area contributed by atoms with Crippen LogP contribution in [-0.4, -0.2) is 18.3 Å². The summed E-state index contributed by atoms with van der Waals surface area (Å²) in [5.41, 5.74) is 2.96. The second-order valence-electron chi connectivity index (χ2n) is 2.88. The molecule has 0 unspecified atom stereocenters. The number of nitrogens with one attached hydrogen (secondary N) is 1. The molecular formula is C11H10BrN3O2. The summed E-state index contributed by atoms with van der Waals surface area (Å²) in [6, 6.07) is 8.89. The molecule has 0 amide bonds. The number of rotatable bonds is 4. The predicted octanol–water partition coefficient (Wildman–Crippen LogP) is 2.30. The monoisotopic (exact) mass is 295 g/mol. The van der Waals surface area contributed by atoms with E-state index >= 15 is 0 Å². The second kappa shape index (κ2) is 6.66. The molecule has 0 heterocycles. The van der Waals surface area contributed by atoms with Crippen molar-refractivity contribution in [3.05, 3.63) is 28.7 Å². The number of carbonyl (C=O) groups is 1. The summed E-state index contributed by atoms with van der Waals surface area (Å²) in [7, 11) is 0. The van der Waals surface area contributed by atoms with Crippen LogP contribution >= 0.6 is 15.9 Å². The van der Waals surface area contributed by atoms with Crippen LogP contribution < -0.4 is 5.43 Å². The number of benzene rings is 1. The number of halogens is 1. The third-order valence-corrected chi connectivity index (χ3v) is 2.43. The van der Waals surface area contributed by atoms with Crippen molar-refractivity contribution in [2.45, 2.75) is 6.92 Å². The van der Waals surface area contributed by atoms with Gasteiger partial charge in [-0.05, 0) is 35.0 Å². The van der Waals surface area contributed by atoms with E-state index in [0.29, 0.717) is 5.69 Å². The Hall–Kier alpha value is -1.87. The molecule has 1 aromatic carbocycles. The quantitative estimate of drug-likeness (QED) is 0.525. The first-order chi connectivity index (χ1) is 8.19. The summed E-state index contributed by atoms with van der Waals surface area (Å²) >= 11 is 3.31. The van der Waals surface area contributed by atoms with E-state index in [1.165, 1.54) is 0 Å². The third kappa shape index (κ3) is 3.89. The maximum absolute atomic E-state index is 11.3. The number of anilines is 1. The molecule has 0 aliphatic rings. The number of carbonyl (C=O) groups excluding carboxylic acids is 1. The van der Waals surface area contributed by atoms with Gasteiger partial charge in [0, 0.05) is 4.47 Å². The normalized spacial score (nSPS) is 10.5. The van der Waals surface area contributed by atoms with Crippen LogP contribution in [0.5, 0.6) is 0 Å². The molecule has 17 heavy (non-hydrogen) atoms. The lowest BCUT2D eigenvalue weighted by Crippen LogP contribution is -2.17. The first-order valence-corrected chi connectivity index (χ1v) is 5.63. The van der Waals surface area contributed by atoms with Crippen LogP contribution in [-0.2, 0) is 9.53 Å². The van der Waals surface area contributed by atoms with E-state index < -0.39 is 5.97 Å². The maximum atomic E-state index is 11.3. The Balaban J connectivity index is 2.79. The molecule has 0 fully saturated rings. The molecular weight excluding hydrogens is 286 g/mol. The van der Waals surface area contributed by atoms with Crippen LogP contribution in [0.1, 0.15) is 6.92 Å². The molecule has 6 heteroatoms. The molecule has 5 nitrogen and oxygen atoms in total. The molecule has 0 radical (unpaired) electrons.